The molecule has 0 amide bonds. The summed E-state index contributed by atoms with van der Waals surface area (Å²) < 4.78 is 25.6. The zero-order valence-corrected chi connectivity index (χ0v) is 5.96. The van der Waals surface area contributed by atoms with Crippen molar-refractivity contribution in [2.45, 2.75) is 12.3 Å². The van der Waals surface area contributed by atoms with Crippen LogP contribution in [0.15, 0.2) is 23.3 Å². The molecule has 0 saturated heterocycles. The van der Waals surface area contributed by atoms with Crippen LogP contribution in [0.1, 0.15) is 0 Å². The fraction of sp³-hybridized carbons (Fsp3) is 0.250. The maximum absolute atomic E-state index is 12.8. The van der Waals surface area contributed by atoms with Gasteiger partial charge >= 0.3 is 0 Å². The van der Waals surface area contributed by atoms with Gasteiger partial charge in [-0.25, -0.2) is 8.78 Å². The molecule has 60 valence electrons. The summed E-state index contributed by atoms with van der Waals surface area (Å²) in [5.41, 5.74) is -0.847. The van der Waals surface area contributed by atoms with Crippen molar-refractivity contribution in [3.63, 3.8) is 0 Å². The van der Waals surface area contributed by atoms with Crippen LogP contribution in [-0.4, -0.2) is 12.3 Å². The van der Waals surface area contributed by atoms with E-state index in [4.69, 9.17) is 10.5 Å². The Labute approximate surface area is 68.0 Å². The molecule has 0 aliphatic heterocycles. The highest BCUT2D eigenvalue weighted by atomic mass is 19.1. The Morgan fingerprint density at radius 2 is 1.58 bits per heavy atom. The summed E-state index contributed by atoms with van der Waals surface area (Å²) in [6.07, 6.45) is -1.27. The van der Waals surface area contributed by atoms with Crippen molar-refractivity contribution in [3.05, 3.63) is 23.3 Å². The third-order valence-electron chi connectivity index (χ3n) is 1.56. The van der Waals surface area contributed by atoms with E-state index in [-0.39, 0.29) is 5.57 Å². The number of allylic oxidation sites excluding steroid dienone is 4. The molecule has 0 bridgehead atoms. The molecule has 0 radical (unpaired) electrons. The highest BCUT2D eigenvalue weighted by Crippen LogP contribution is 2.26. The second kappa shape index (κ2) is 3.15. The largest absolute Gasteiger partial charge is 0.238 e. The standard InChI is InChI=1S/C8H4F2N2/c9-6-1-2-7(10)8(6)5(3-11)4-12/h1-2,6-7H. The minimum Gasteiger partial charge on any atom is -0.238 e. The van der Waals surface area contributed by atoms with E-state index in [1.165, 1.54) is 12.1 Å². The summed E-state index contributed by atoms with van der Waals surface area (Å²) in [7, 11) is 0. The molecule has 0 aromatic carbocycles. The van der Waals surface area contributed by atoms with Gasteiger partial charge in [0.2, 0.25) is 0 Å². The number of nitrogens with zero attached hydrogens (tertiary/aromatic N) is 2. The van der Waals surface area contributed by atoms with Gasteiger partial charge in [0.15, 0.2) is 0 Å². The number of halogens is 2. The molecule has 4 heteroatoms. The van der Waals surface area contributed by atoms with Crippen molar-refractivity contribution in [1.29, 1.82) is 10.5 Å². The fourth-order valence-electron chi connectivity index (χ4n) is 0.984. The lowest BCUT2D eigenvalue weighted by atomic mass is 10.1. The lowest BCUT2D eigenvalue weighted by Gasteiger charge is -2.02. The Bertz CT molecular complexity index is 300. The van der Waals surface area contributed by atoms with Gasteiger partial charge in [0.25, 0.3) is 0 Å². The molecular formula is C8H4F2N2. The second-order valence-electron chi connectivity index (χ2n) is 2.24. The Hall–Kier alpha value is -1.68. The summed E-state index contributed by atoms with van der Waals surface area (Å²) in [5.74, 6) is 0. The van der Waals surface area contributed by atoms with Crippen LogP contribution in [0.2, 0.25) is 0 Å². The van der Waals surface area contributed by atoms with E-state index in [0.29, 0.717) is 0 Å². The van der Waals surface area contributed by atoms with Gasteiger partial charge in [0.05, 0.1) is 0 Å². The fourth-order valence-corrected chi connectivity index (χ4v) is 0.984. The summed E-state index contributed by atoms with van der Waals surface area (Å²) in [4.78, 5) is 0. The molecule has 0 spiro atoms. The molecular weight excluding hydrogens is 162 g/mol. The normalized spacial score (nSPS) is 26.5. The molecule has 0 saturated carbocycles. The van der Waals surface area contributed by atoms with E-state index >= 15 is 0 Å². The molecule has 2 unspecified atom stereocenters. The molecule has 0 fully saturated rings. The van der Waals surface area contributed by atoms with Crippen LogP contribution in [0.5, 0.6) is 0 Å². The third-order valence-corrected chi connectivity index (χ3v) is 1.56. The Kier molecular flexibility index (Phi) is 2.21. The summed E-state index contributed by atoms with van der Waals surface area (Å²) in [5, 5.41) is 16.7. The molecule has 12 heavy (non-hydrogen) atoms. The van der Waals surface area contributed by atoms with E-state index in [1.54, 1.807) is 0 Å². The minimum atomic E-state index is -1.63. The zero-order valence-electron chi connectivity index (χ0n) is 5.96. The Morgan fingerprint density at radius 1 is 1.17 bits per heavy atom. The van der Waals surface area contributed by atoms with Gasteiger partial charge in [-0.3, -0.25) is 0 Å². The maximum Gasteiger partial charge on any atom is 0.145 e. The van der Waals surface area contributed by atoms with Crippen LogP contribution >= 0.6 is 0 Å². The highest BCUT2D eigenvalue weighted by molar-refractivity contribution is 5.48. The first kappa shape index (κ1) is 8.42. The van der Waals surface area contributed by atoms with Crippen molar-refractivity contribution in [2.75, 3.05) is 0 Å². The minimum absolute atomic E-state index is 0.375. The van der Waals surface area contributed by atoms with Crippen LogP contribution in [0, 0.1) is 22.7 Å². The van der Waals surface area contributed by atoms with Crippen molar-refractivity contribution >= 4 is 0 Å². The zero-order chi connectivity index (χ0) is 9.14. The number of alkyl halides is 2. The molecule has 1 rings (SSSR count). The van der Waals surface area contributed by atoms with Crippen molar-refractivity contribution in [2.24, 2.45) is 0 Å². The van der Waals surface area contributed by atoms with Gasteiger partial charge in [-0.2, -0.15) is 10.5 Å². The Morgan fingerprint density at radius 3 is 1.92 bits per heavy atom. The Balaban J connectivity index is 3.13. The van der Waals surface area contributed by atoms with Crippen molar-refractivity contribution in [3.8, 4) is 12.1 Å². The van der Waals surface area contributed by atoms with Gasteiger partial charge in [0.1, 0.15) is 30.1 Å². The van der Waals surface area contributed by atoms with E-state index < -0.39 is 17.9 Å². The molecule has 1 aliphatic carbocycles. The van der Waals surface area contributed by atoms with E-state index in [9.17, 15) is 8.78 Å². The lowest BCUT2D eigenvalue weighted by Crippen LogP contribution is -2.06. The van der Waals surface area contributed by atoms with Gasteiger partial charge in [-0.15, -0.1) is 0 Å². The first-order chi connectivity index (χ1) is 5.70. The molecule has 2 nitrogen and oxygen atoms in total. The van der Waals surface area contributed by atoms with E-state index in [2.05, 4.69) is 0 Å². The van der Waals surface area contributed by atoms with Crippen LogP contribution in [0.4, 0.5) is 8.78 Å². The number of rotatable bonds is 0. The predicted octanol–water partition coefficient (Wildman–Crippen LogP) is 1.58. The molecule has 0 N–H and O–H groups in total. The van der Waals surface area contributed by atoms with Crippen molar-refractivity contribution < 1.29 is 8.78 Å². The highest BCUT2D eigenvalue weighted by Gasteiger charge is 2.28. The van der Waals surface area contributed by atoms with Gasteiger partial charge < -0.3 is 0 Å². The summed E-state index contributed by atoms with van der Waals surface area (Å²) in [6.45, 7) is 0. The average Bonchev–Trinajstić information content (AvgIpc) is 2.38. The topological polar surface area (TPSA) is 47.6 Å². The quantitative estimate of drug-likeness (QED) is 0.405. The van der Waals surface area contributed by atoms with E-state index in [1.807, 2.05) is 0 Å². The smallest absolute Gasteiger partial charge is 0.145 e. The van der Waals surface area contributed by atoms with Crippen LogP contribution < -0.4 is 0 Å². The predicted molar refractivity (Wildman–Crippen MR) is 37.2 cm³/mol. The molecule has 0 aromatic rings. The number of hydrogen-bond donors (Lipinski definition) is 0. The van der Waals surface area contributed by atoms with Crippen LogP contribution in [0.3, 0.4) is 0 Å². The number of nitriles is 2. The van der Waals surface area contributed by atoms with Crippen LogP contribution in [0.25, 0.3) is 0 Å². The van der Waals surface area contributed by atoms with Gasteiger partial charge in [-0.1, -0.05) is 0 Å². The molecule has 1 aliphatic rings. The second-order valence-corrected chi connectivity index (χ2v) is 2.24. The maximum atomic E-state index is 12.8. The van der Waals surface area contributed by atoms with Gasteiger partial charge in [-0.05, 0) is 12.2 Å². The summed E-state index contributed by atoms with van der Waals surface area (Å²) >= 11 is 0. The molecule has 2 atom stereocenters. The van der Waals surface area contributed by atoms with Crippen molar-refractivity contribution in [1.82, 2.24) is 0 Å². The molecule has 0 aromatic heterocycles. The first-order valence-electron chi connectivity index (χ1n) is 3.21. The average molecular weight is 166 g/mol. The first-order valence-corrected chi connectivity index (χ1v) is 3.21. The lowest BCUT2D eigenvalue weighted by molar-refractivity contribution is 0.392. The number of hydrogen-bond acceptors (Lipinski definition) is 2. The summed E-state index contributed by atoms with van der Waals surface area (Å²) in [6, 6.07) is 2.91. The third kappa shape index (κ3) is 1.19. The van der Waals surface area contributed by atoms with Gasteiger partial charge in [0, 0.05) is 5.57 Å². The molecule has 0 heterocycles. The SMILES string of the molecule is N#CC(C#N)=C1C(F)C=CC1F. The monoisotopic (exact) mass is 166 g/mol. The van der Waals surface area contributed by atoms with E-state index in [0.717, 1.165) is 12.2 Å². The van der Waals surface area contributed by atoms with Crippen LogP contribution in [-0.2, 0) is 0 Å².